The van der Waals surface area contributed by atoms with Crippen LogP contribution in [0, 0.1) is 0 Å². The number of rotatable bonds is 8. The number of hydrogen-bond acceptors (Lipinski definition) is 3. The summed E-state index contributed by atoms with van der Waals surface area (Å²) in [5, 5.41) is 0. The van der Waals surface area contributed by atoms with Crippen molar-refractivity contribution in [2.75, 3.05) is 33.7 Å². The van der Waals surface area contributed by atoms with Crippen LogP contribution in [0.3, 0.4) is 0 Å². The largest absolute Gasteiger partial charge is 0.382 e. The molecule has 1 aromatic carbocycles. The first-order valence-corrected chi connectivity index (χ1v) is 6.01. The lowest BCUT2D eigenvalue weighted by Crippen LogP contribution is -2.07. The van der Waals surface area contributed by atoms with Gasteiger partial charge < -0.3 is 14.2 Å². The number of methoxy groups -OCH3 is 1. The van der Waals surface area contributed by atoms with Crippen molar-refractivity contribution in [3.05, 3.63) is 34.3 Å². The SMILES string of the molecule is COCCOCOCCc1cccc(Br)c1. The normalized spacial score (nSPS) is 10.6. The molecule has 0 bridgehead atoms. The summed E-state index contributed by atoms with van der Waals surface area (Å²) in [5.74, 6) is 0. The molecule has 0 unspecified atom stereocenters. The zero-order valence-corrected chi connectivity index (χ0v) is 11.0. The van der Waals surface area contributed by atoms with Crippen LogP contribution < -0.4 is 0 Å². The Morgan fingerprint density at radius 1 is 1.12 bits per heavy atom. The van der Waals surface area contributed by atoms with E-state index in [1.54, 1.807) is 7.11 Å². The Labute approximate surface area is 105 Å². The molecule has 0 N–H and O–H groups in total. The summed E-state index contributed by atoms with van der Waals surface area (Å²) in [7, 11) is 1.65. The monoisotopic (exact) mass is 288 g/mol. The number of hydrogen-bond donors (Lipinski definition) is 0. The fourth-order valence-electron chi connectivity index (χ4n) is 1.20. The molecule has 0 fully saturated rings. The zero-order chi connectivity index (χ0) is 11.6. The van der Waals surface area contributed by atoms with Gasteiger partial charge in [-0.05, 0) is 24.1 Å². The van der Waals surface area contributed by atoms with E-state index >= 15 is 0 Å². The van der Waals surface area contributed by atoms with Crippen molar-refractivity contribution >= 4 is 15.9 Å². The molecule has 0 aliphatic heterocycles. The van der Waals surface area contributed by atoms with Gasteiger partial charge in [0.15, 0.2) is 0 Å². The third-order valence-electron chi connectivity index (χ3n) is 2.02. The van der Waals surface area contributed by atoms with Crippen LogP contribution >= 0.6 is 15.9 Å². The van der Waals surface area contributed by atoms with Crippen molar-refractivity contribution in [3.8, 4) is 0 Å². The van der Waals surface area contributed by atoms with Crippen LogP contribution in [0.5, 0.6) is 0 Å². The topological polar surface area (TPSA) is 27.7 Å². The molecule has 0 aliphatic carbocycles. The van der Waals surface area contributed by atoms with Gasteiger partial charge >= 0.3 is 0 Å². The molecule has 1 aromatic rings. The van der Waals surface area contributed by atoms with E-state index in [9.17, 15) is 0 Å². The summed E-state index contributed by atoms with van der Waals surface area (Å²) >= 11 is 3.43. The molecular formula is C12H17BrO3. The Bertz CT molecular complexity index is 291. The molecular weight excluding hydrogens is 272 g/mol. The molecule has 90 valence electrons. The fraction of sp³-hybridized carbons (Fsp3) is 0.500. The minimum absolute atomic E-state index is 0.331. The molecule has 4 heteroatoms. The first-order chi connectivity index (χ1) is 7.83. The molecule has 0 saturated heterocycles. The smallest absolute Gasteiger partial charge is 0.146 e. The summed E-state index contributed by atoms with van der Waals surface area (Å²) < 4.78 is 16.5. The van der Waals surface area contributed by atoms with Crippen LogP contribution in [-0.4, -0.2) is 33.7 Å². The molecule has 0 atom stereocenters. The lowest BCUT2D eigenvalue weighted by molar-refractivity contribution is -0.0647. The predicted octanol–water partition coefficient (Wildman–Crippen LogP) is 2.63. The van der Waals surface area contributed by atoms with Gasteiger partial charge in [0, 0.05) is 11.6 Å². The molecule has 0 heterocycles. The summed E-state index contributed by atoms with van der Waals surface area (Å²) in [5.41, 5.74) is 1.26. The highest BCUT2D eigenvalue weighted by Gasteiger charge is 1.94. The molecule has 0 aromatic heterocycles. The van der Waals surface area contributed by atoms with E-state index in [2.05, 4.69) is 28.1 Å². The van der Waals surface area contributed by atoms with Crippen molar-refractivity contribution in [2.45, 2.75) is 6.42 Å². The average molecular weight is 289 g/mol. The Morgan fingerprint density at radius 2 is 1.94 bits per heavy atom. The lowest BCUT2D eigenvalue weighted by atomic mass is 10.2. The van der Waals surface area contributed by atoms with Gasteiger partial charge in [0.25, 0.3) is 0 Å². The van der Waals surface area contributed by atoms with Gasteiger partial charge in [0.1, 0.15) is 6.79 Å². The zero-order valence-electron chi connectivity index (χ0n) is 9.45. The van der Waals surface area contributed by atoms with Crippen molar-refractivity contribution in [1.82, 2.24) is 0 Å². The van der Waals surface area contributed by atoms with Crippen LogP contribution in [0.4, 0.5) is 0 Å². The van der Waals surface area contributed by atoms with Gasteiger partial charge in [0.05, 0.1) is 19.8 Å². The van der Waals surface area contributed by atoms with E-state index in [-0.39, 0.29) is 0 Å². The second-order valence-corrected chi connectivity index (χ2v) is 4.22. The van der Waals surface area contributed by atoms with Crippen molar-refractivity contribution in [2.24, 2.45) is 0 Å². The van der Waals surface area contributed by atoms with Gasteiger partial charge in [-0.2, -0.15) is 0 Å². The van der Waals surface area contributed by atoms with Gasteiger partial charge in [-0.15, -0.1) is 0 Å². The highest BCUT2D eigenvalue weighted by Crippen LogP contribution is 2.11. The summed E-state index contributed by atoms with van der Waals surface area (Å²) in [6, 6.07) is 8.21. The minimum atomic E-state index is 0.331. The van der Waals surface area contributed by atoms with Gasteiger partial charge in [-0.1, -0.05) is 28.1 Å². The predicted molar refractivity (Wildman–Crippen MR) is 66.5 cm³/mol. The lowest BCUT2D eigenvalue weighted by Gasteiger charge is -2.05. The van der Waals surface area contributed by atoms with Crippen LogP contribution in [0.25, 0.3) is 0 Å². The highest BCUT2D eigenvalue weighted by molar-refractivity contribution is 9.10. The first kappa shape index (κ1) is 13.6. The number of ether oxygens (including phenoxy) is 3. The fourth-order valence-corrected chi connectivity index (χ4v) is 1.65. The van der Waals surface area contributed by atoms with Crippen LogP contribution in [0.1, 0.15) is 5.56 Å². The van der Waals surface area contributed by atoms with Crippen molar-refractivity contribution < 1.29 is 14.2 Å². The summed E-state index contributed by atoms with van der Waals surface area (Å²) in [6.07, 6.45) is 0.896. The molecule has 0 aliphatic rings. The number of halogens is 1. The molecule has 16 heavy (non-hydrogen) atoms. The van der Waals surface area contributed by atoms with Gasteiger partial charge in [-0.25, -0.2) is 0 Å². The Morgan fingerprint density at radius 3 is 2.69 bits per heavy atom. The first-order valence-electron chi connectivity index (χ1n) is 5.22. The molecule has 1 rings (SSSR count). The van der Waals surface area contributed by atoms with Gasteiger partial charge in [0.2, 0.25) is 0 Å². The molecule has 0 spiro atoms. The maximum absolute atomic E-state index is 5.33. The highest BCUT2D eigenvalue weighted by atomic mass is 79.9. The van der Waals surface area contributed by atoms with Crippen molar-refractivity contribution in [3.63, 3.8) is 0 Å². The van der Waals surface area contributed by atoms with Crippen molar-refractivity contribution in [1.29, 1.82) is 0 Å². The molecule has 0 saturated carbocycles. The quantitative estimate of drug-likeness (QED) is 0.544. The Kier molecular flexibility index (Phi) is 7.42. The van der Waals surface area contributed by atoms with E-state index in [1.165, 1.54) is 5.56 Å². The molecule has 0 radical (unpaired) electrons. The third kappa shape index (κ3) is 6.23. The molecule has 3 nitrogen and oxygen atoms in total. The summed E-state index contributed by atoms with van der Waals surface area (Å²) in [4.78, 5) is 0. The molecule has 0 amide bonds. The second-order valence-electron chi connectivity index (χ2n) is 3.31. The second kappa shape index (κ2) is 8.70. The van der Waals surface area contributed by atoms with Crippen LogP contribution in [0.2, 0.25) is 0 Å². The van der Waals surface area contributed by atoms with E-state index in [0.29, 0.717) is 26.6 Å². The third-order valence-corrected chi connectivity index (χ3v) is 2.52. The van der Waals surface area contributed by atoms with E-state index in [1.807, 2.05) is 12.1 Å². The Balaban J connectivity index is 2.03. The van der Waals surface area contributed by atoms with Gasteiger partial charge in [-0.3, -0.25) is 0 Å². The standard InChI is InChI=1S/C12H17BrO3/c1-14-7-8-16-10-15-6-5-11-3-2-4-12(13)9-11/h2-4,9H,5-8,10H2,1H3. The van der Waals surface area contributed by atoms with Crippen LogP contribution in [0.15, 0.2) is 28.7 Å². The maximum Gasteiger partial charge on any atom is 0.146 e. The average Bonchev–Trinajstić information content (AvgIpc) is 2.28. The van der Waals surface area contributed by atoms with Crippen LogP contribution in [-0.2, 0) is 20.6 Å². The maximum atomic E-state index is 5.33. The van der Waals surface area contributed by atoms with E-state index < -0.39 is 0 Å². The Hall–Kier alpha value is -0.420. The minimum Gasteiger partial charge on any atom is -0.382 e. The number of benzene rings is 1. The van der Waals surface area contributed by atoms with E-state index in [0.717, 1.165) is 10.9 Å². The summed E-state index contributed by atoms with van der Waals surface area (Å²) in [6.45, 7) is 2.18. The van der Waals surface area contributed by atoms with E-state index in [4.69, 9.17) is 14.2 Å².